The Hall–Kier alpha value is -4.10. The van der Waals surface area contributed by atoms with Gasteiger partial charge in [0.25, 0.3) is 5.91 Å². The number of halogens is 1. The van der Waals surface area contributed by atoms with Crippen LogP contribution >= 0.6 is 11.6 Å². The van der Waals surface area contributed by atoms with Gasteiger partial charge in [-0.15, -0.1) is 0 Å². The number of nitrogens with zero attached hydrogens (tertiary/aromatic N) is 3. The maximum atomic E-state index is 13.7. The smallest absolute Gasteiger partial charge is 0.322 e. The number of nitrogens with one attached hydrogen (secondary N) is 1. The molecule has 0 saturated carbocycles. The lowest BCUT2D eigenvalue weighted by Crippen LogP contribution is -2.45. The zero-order valence-corrected chi connectivity index (χ0v) is 21.9. The molecule has 2 aliphatic heterocycles. The highest BCUT2D eigenvalue weighted by Crippen LogP contribution is 2.37. The van der Waals surface area contributed by atoms with Crippen LogP contribution in [0.25, 0.3) is 0 Å². The van der Waals surface area contributed by atoms with Crippen molar-refractivity contribution in [3.8, 4) is 0 Å². The van der Waals surface area contributed by atoms with Crippen LogP contribution in [0.2, 0.25) is 5.02 Å². The Kier molecular flexibility index (Phi) is 7.47. The molecule has 0 fully saturated rings. The minimum atomic E-state index is -0.673. The third-order valence-corrected chi connectivity index (χ3v) is 7.40. The molecule has 0 unspecified atom stereocenters. The number of hydrogen-bond donors (Lipinski definition) is 1. The molecular weight excluding hydrogens is 500 g/mol. The van der Waals surface area contributed by atoms with E-state index in [-0.39, 0.29) is 30.9 Å². The topological polar surface area (TPSA) is 73.0 Å². The van der Waals surface area contributed by atoms with E-state index in [1.54, 1.807) is 30.1 Å². The van der Waals surface area contributed by atoms with Crippen molar-refractivity contribution in [2.45, 2.75) is 19.0 Å². The van der Waals surface area contributed by atoms with Crippen LogP contribution in [0.15, 0.2) is 96.2 Å². The Morgan fingerprint density at radius 1 is 0.947 bits per heavy atom. The van der Waals surface area contributed by atoms with Crippen molar-refractivity contribution in [2.24, 2.45) is 0 Å². The van der Waals surface area contributed by atoms with Gasteiger partial charge in [-0.05, 0) is 29.2 Å². The predicted octanol–water partition coefficient (Wildman–Crippen LogP) is 4.40. The van der Waals surface area contributed by atoms with Crippen LogP contribution in [0.3, 0.4) is 0 Å². The van der Waals surface area contributed by atoms with Crippen LogP contribution in [0, 0.1) is 0 Å². The van der Waals surface area contributed by atoms with Crippen molar-refractivity contribution in [3.05, 3.63) is 118 Å². The van der Waals surface area contributed by atoms with Gasteiger partial charge >= 0.3 is 6.03 Å². The number of amides is 4. The molecule has 0 bridgehead atoms. The molecule has 38 heavy (non-hydrogen) atoms. The van der Waals surface area contributed by atoms with Gasteiger partial charge < -0.3 is 15.1 Å². The van der Waals surface area contributed by atoms with Gasteiger partial charge in [-0.2, -0.15) is 0 Å². The summed E-state index contributed by atoms with van der Waals surface area (Å²) in [7, 11) is 1.63. The summed E-state index contributed by atoms with van der Waals surface area (Å²) in [6, 6.07) is 26.0. The number of likely N-dealkylation sites (N-methyl/N-ethyl adjacent to an activating group) is 1. The molecule has 0 saturated heterocycles. The number of carbonyl (C=O) groups excluding carboxylic acids is 3. The molecule has 0 aliphatic carbocycles. The van der Waals surface area contributed by atoms with Gasteiger partial charge in [0.15, 0.2) is 0 Å². The first kappa shape index (κ1) is 25.5. The van der Waals surface area contributed by atoms with Gasteiger partial charge in [0, 0.05) is 25.2 Å². The van der Waals surface area contributed by atoms with Gasteiger partial charge in [-0.25, -0.2) is 4.79 Å². The van der Waals surface area contributed by atoms with E-state index >= 15 is 0 Å². The van der Waals surface area contributed by atoms with Crippen molar-refractivity contribution >= 4 is 29.4 Å². The number of rotatable bonds is 8. The summed E-state index contributed by atoms with van der Waals surface area (Å²) in [5.74, 6) is -0.415. The fourth-order valence-electron chi connectivity index (χ4n) is 4.96. The highest BCUT2D eigenvalue weighted by molar-refractivity contribution is 6.31. The third-order valence-electron chi connectivity index (χ3n) is 7.06. The second-order valence-corrected chi connectivity index (χ2v) is 9.93. The summed E-state index contributed by atoms with van der Waals surface area (Å²) in [4.78, 5) is 44.8. The normalized spacial score (nSPS) is 16.9. The van der Waals surface area contributed by atoms with E-state index < -0.39 is 6.04 Å². The minimum Gasteiger partial charge on any atom is -0.337 e. The number of urea groups is 1. The van der Waals surface area contributed by atoms with E-state index in [0.717, 1.165) is 11.1 Å². The molecule has 3 aromatic carbocycles. The molecule has 4 amide bonds. The Morgan fingerprint density at radius 2 is 1.58 bits per heavy atom. The first-order valence-corrected chi connectivity index (χ1v) is 13.0. The SMILES string of the molecule is CN1C(=O)N[C@H](c2ccccc2Cl)C2=C1CN(CC(=O)N(CCc1ccccc1)Cc1ccccc1)C2=O. The molecule has 1 N–H and O–H groups in total. The van der Waals surface area contributed by atoms with Crippen molar-refractivity contribution in [1.82, 2.24) is 20.0 Å². The fraction of sp³-hybridized carbons (Fsp3) is 0.233. The molecule has 3 aromatic rings. The Bertz CT molecular complexity index is 1380. The molecule has 2 aliphatic rings. The highest BCUT2D eigenvalue weighted by Gasteiger charge is 2.44. The summed E-state index contributed by atoms with van der Waals surface area (Å²) in [5, 5.41) is 3.36. The van der Waals surface area contributed by atoms with E-state index in [1.807, 2.05) is 66.7 Å². The van der Waals surface area contributed by atoms with Crippen molar-refractivity contribution in [1.29, 1.82) is 0 Å². The van der Waals surface area contributed by atoms with Crippen LogP contribution in [-0.2, 0) is 22.6 Å². The quantitative estimate of drug-likeness (QED) is 0.471. The average Bonchev–Trinajstić information content (AvgIpc) is 3.26. The molecule has 0 aromatic heterocycles. The molecule has 8 heteroatoms. The van der Waals surface area contributed by atoms with Gasteiger partial charge in [0.1, 0.15) is 6.54 Å². The first-order valence-electron chi connectivity index (χ1n) is 12.6. The van der Waals surface area contributed by atoms with E-state index in [1.165, 1.54) is 9.80 Å². The second kappa shape index (κ2) is 11.1. The highest BCUT2D eigenvalue weighted by atomic mass is 35.5. The van der Waals surface area contributed by atoms with Crippen LogP contribution in [0.4, 0.5) is 4.79 Å². The van der Waals surface area contributed by atoms with Gasteiger partial charge in [-0.1, -0.05) is 90.5 Å². The maximum Gasteiger partial charge on any atom is 0.322 e. The van der Waals surface area contributed by atoms with E-state index in [4.69, 9.17) is 11.6 Å². The average molecular weight is 529 g/mol. The zero-order chi connectivity index (χ0) is 26.6. The lowest BCUT2D eigenvalue weighted by atomic mass is 9.96. The molecule has 2 heterocycles. The summed E-state index contributed by atoms with van der Waals surface area (Å²) < 4.78 is 0. The lowest BCUT2D eigenvalue weighted by molar-refractivity contribution is -0.138. The Labute approximate surface area is 227 Å². The minimum absolute atomic E-state index is 0.0786. The number of carbonyl (C=O) groups is 3. The Balaban J connectivity index is 1.36. The largest absolute Gasteiger partial charge is 0.337 e. The predicted molar refractivity (Wildman–Crippen MR) is 146 cm³/mol. The summed E-state index contributed by atoms with van der Waals surface area (Å²) in [6.45, 7) is 1.08. The molecule has 5 rings (SSSR count). The zero-order valence-electron chi connectivity index (χ0n) is 21.1. The molecule has 194 valence electrons. The monoisotopic (exact) mass is 528 g/mol. The molecule has 1 atom stereocenters. The molecule has 0 radical (unpaired) electrons. The maximum absolute atomic E-state index is 13.7. The van der Waals surface area contributed by atoms with Crippen molar-refractivity contribution < 1.29 is 14.4 Å². The molecule has 7 nitrogen and oxygen atoms in total. The lowest BCUT2D eigenvalue weighted by Gasteiger charge is -2.31. The molecular formula is C30H29ClN4O3. The van der Waals surface area contributed by atoms with E-state index in [0.29, 0.717) is 41.4 Å². The fourth-order valence-corrected chi connectivity index (χ4v) is 5.21. The molecule has 0 spiro atoms. The summed E-state index contributed by atoms with van der Waals surface area (Å²) >= 11 is 6.43. The van der Waals surface area contributed by atoms with Crippen LogP contribution < -0.4 is 5.32 Å². The number of hydrogen-bond acceptors (Lipinski definition) is 3. The second-order valence-electron chi connectivity index (χ2n) is 9.52. The van der Waals surface area contributed by atoms with Crippen molar-refractivity contribution in [2.75, 3.05) is 26.7 Å². The van der Waals surface area contributed by atoms with Gasteiger partial charge in [0.2, 0.25) is 5.91 Å². The van der Waals surface area contributed by atoms with E-state index in [2.05, 4.69) is 5.32 Å². The first-order chi connectivity index (χ1) is 18.4. The van der Waals surface area contributed by atoms with Crippen LogP contribution in [0.1, 0.15) is 22.7 Å². The Morgan fingerprint density at radius 3 is 2.26 bits per heavy atom. The van der Waals surface area contributed by atoms with E-state index in [9.17, 15) is 14.4 Å². The summed E-state index contributed by atoms with van der Waals surface area (Å²) in [6.07, 6.45) is 0.706. The third kappa shape index (κ3) is 5.29. The number of benzene rings is 3. The van der Waals surface area contributed by atoms with Gasteiger partial charge in [0.05, 0.1) is 23.9 Å². The van der Waals surface area contributed by atoms with Crippen LogP contribution in [0.5, 0.6) is 0 Å². The van der Waals surface area contributed by atoms with Crippen LogP contribution in [-0.4, -0.2) is 59.2 Å². The summed E-state index contributed by atoms with van der Waals surface area (Å²) in [5.41, 5.74) is 3.86. The standard InChI is InChI=1S/C30H29ClN4O3/c1-33-25-19-35(29(37)27(25)28(32-30(33)38)23-14-8-9-15-24(23)31)20-26(36)34(18-22-12-6-3-7-13-22)17-16-21-10-4-2-5-11-21/h2-15,28H,16-20H2,1H3,(H,32,38)/t28-/m1/s1. The van der Waals surface area contributed by atoms with Gasteiger partial charge in [-0.3, -0.25) is 14.5 Å². The van der Waals surface area contributed by atoms with Crippen molar-refractivity contribution in [3.63, 3.8) is 0 Å².